The fraction of sp³-hybridized carbons (Fsp3) is 0.364. The van der Waals surface area contributed by atoms with Crippen LogP contribution in [0.4, 0.5) is 4.39 Å². The van der Waals surface area contributed by atoms with Crippen LogP contribution in [0, 0.1) is 5.82 Å². The average Bonchev–Trinajstić information content (AvgIpc) is 2.15. The fourth-order valence-corrected chi connectivity index (χ4v) is 1.95. The monoisotopic (exact) mass is 212 g/mol. The maximum Gasteiger partial charge on any atom is 0.136 e. The van der Waals surface area contributed by atoms with Crippen molar-refractivity contribution >= 4 is 17.5 Å². The van der Waals surface area contributed by atoms with Gasteiger partial charge in [0.15, 0.2) is 0 Å². The molecule has 14 heavy (non-hydrogen) atoms. The highest BCUT2D eigenvalue weighted by atomic mass is 32.2. The van der Waals surface area contributed by atoms with E-state index < -0.39 is 0 Å². The van der Waals surface area contributed by atoms with Crippen LogP contribution in [0.2, 0.25) is 0 Å². The number of rotatable bonds is 5. The van der Waals surface area contributed by atoms with Crippen LogP contribution in [0.15, 0.2) is 29.2 Å². The van der Waals surface area contributed by atoms with Crippen molar-refractivity contribution in [1.82, 2.24) is 0 Å². The Labute approximate surface area is 87.7 Å². The van der Waals surface area contributed by atoms with Gasteiger partial charge in [0.1, 0.15) is 11.6 Å². The van der Waals surface area contributed by atoms with Crippen LogP contribution in [0.1, 0.15) is 19.8 Å². The van der Waals surface area contributed by atoms with E-state index in [1.54, 1.807) is 19.1 Å². The minimum atomic E-state index is -0.180. The Morgan fingerprint density at radius 3 is 2.79 bits per heavy atom. The minimum absolute atomic E-state index is 0.180. The Hall–Kier alpha value is -0.830. The molecule has 0 atom stereocenters. The first-order valence-electron chi connectivity index (χ1n) is 4.57. The van der Waals surface area contributed by atoms with Gasteiger partial charge in [-0.25, -0.2) is 4.39 Å². The lowest BCUT2D eigenvalue weighted by molar-refractivity contribution is -0.117. The highest BCUT2D eigenvalue weighted by Crippen LogP contribution is 2.22. The summed E-state index contributed by atoms with van der Waals surface area (Å²) < 4.78 is 13.1. The van der Waals surface area contributed by atoms with Gasteiger partial charge in [0.05, 0.1) is 0 Å². The summed E-state index contributed by atoms with van der Waals surface area (Å²) in [4.78, 5) is 11.3. The van der Waals surface area contributed by atoms with Gasteiger partial charge >= 0.3 is 0 Å². The molecule has 1 aromatic carbocycles. The third-order valence-corrected chi connectivity index (χ3v) is 2.90. The number of benzene rings is 1. The summed E-state index contributed by atoms with van der Waals surface area (Å²) in [5, 5.41) is 0. The van der Waals surface area contributed by atoms with E-state index in [-0.39, 0.29) is 11.6 Å². The number of carbonyl (C=O) groups excluding carboxylic acids is 1. The lowest BCUT2D eigenvalue weighted by Gasteiger charge is -2.01. The first-order chi connectivity index (χ1) is 6.70. The van der Waals surface area contributed by atoms with Crippen molar-refractivity contribution in [2.75, 3.05) is 5.75 Å². The average molecular weight is 212 g/mol. The molecule has 0 heterocycles. The van der Waals surface area contributed by atoms with Crippen molar-refractivity contribution < 1.29 is 9.18 Å². The minimum Gasteiger partial charge on any atom is -0.300 e. The number of halogens is 1. The Morgan fingerprint density at radius 2 is 2.14 bits per heavy atom. The molecule has 0 amide bonds. The quantitative estimate of drug-likeness (QED) is 0.550. The predicted octanol–water partition coefficient (Wildman–Crippen LogP) is 3.29. The number of carbonyl (C=O) groups is 1. The molecule has 0 saturated carbocycles. The zero-order chi connectivity index (χ0) is 10.4. The van der Waals surface area contributed by atoms with E-state index in [1.165, 1.54) is 17.8 Å². The van der Waals surface area contributed by atoms with Gasteiger partial charge in [-0.15, -0.1) is 11.8 Å². The third kappa shape index (κ3) is 3.92. The van der Waals surface area contributed by atoms with E-state index in [2.05, 4.69) is 0 Å². The maximum atomic E-state index is 13.1. The van der Waals surface area contributed by atoms with E-state index in [1.807, 2.05) is 6.07 Å². The Bertz CT molecular complexity index is 312. The summed E-state index contributed by atoms with van der Waals surface area (Å²) in [5.41, 5.74) is 0. The van der Waals surface area contributed by atoms with Crippen LogP contribution in [-0.4, -0.2) is 11.5 Å². The second-order valence-electron chi connectivity index (χ2n) is 3.08. The molecule has 1 nitrogen and oxygen atoms in total. The van der Waals surface area contributed by atoms with Crippen LogP contribution in [0.25, 0.3) is 0 Å². The van der Waals surface area contributed by atoms with Crippen molar-refractivity contribution in [3.05, 3.63) is 30.1 Å². The molecule has 3 heteroatoms. The van der Waals surface area contributed by atoms with Crippen LogP contribution >= 0.6 is 11.8 Å². The molecule has 0 saturated heterocycles. The molecule has 0 unspecified atom stereocenters. The summed E-state index contributed by atoms with van der Waals surface area (Å²) >= 11 is 1.46. The van der Waals surface area contributed by atoms with E-state index in [9.17, 15) is 9.18 Å². The zero-order valence-electron chi connectivity index (χ0n) is 8.13. The molecule has 0 spiro atoms. The standard InChI is InChI=1S/C11H13FOS/c1-9(13)5-4-8-14-11-7-3-2-6-10(11)12/h2-3,6-7H,4-5,8H2,1H3. The molecule has 0 bridgehead atoms. The van der Waals surface area contributed by atoms with Gasteiger partial charge in [0, 0.05) is 11.3 Å². The SMILES string of the molecule is CC(=O)CCCSc1ccccc1F. The van der Waals surface area contributed by atoms with Crippen LogP contribution in [0.3, 0.4) is 0 Å². The number of ketones is 1. The van der Waals surface area contributed by atoms with Gasteiger partial charge in [0.25, 0.3) is 0 Å². The highest BCUT2D eigenvalue weighted by molar-refractivity contribution is 7.99. The van der Waals surface area contributed by atoms with Crippen LogP contribution < -0.4 is 0 Å². The second-order valence-corrected chi connectivity index (χ2v) is 4.22. The van der Waals surface area contributed by atoms with Crippen molar-refractivity contribution in [2.45, 2.75) is 24.7 Å². The molecular formula is C11H13FOS. The van der Waals surface area contributed by atoms with Gasteiger partial charge in [-0.05, 0) is 31.2 Å². The maximum absolute atomic E-state index is 13.1. The molecule has 0 fully saturated rings. The number of hydrogen-bond acceptors (Lipinski definition) is 2. The Kier molecular flexibility index (Phi) is 4.66. The number of thioether (sulfide) groups is 1. The lowest BCUT2D eigenvalue weighted by atomic mass is 10.3. The normalized spacial score (nSPS) is 10.1. The fourth-order valence-electron chi connectivity index (χ4n) is 1.07. The van der Waals surface area contributed by atoms with Gasteiger partial charge in [-0.2, -0.15) is 0 Å². The lowest BCUT2D eigenvalue weighted by Crippen LogP contribution is -1.91. The van der Waals surface area contributed by atoms with Crippen LogP contribution in [0.5, 0.6) is 0 Å². The molecule has 0 radical (unpaired) electrons. The van der Waals surface area contributed by atoms with Gasteiger partial charge in [0.2, 0.25) is 0 Å². The number of Topliss-reactive ketones (excluding diaryl/α,β-unsaturated/α-hetero) is 1. The van der Waals surface area contributed by atoms with E-state index in [4.69, 9.17) is 0 Å². The smallest absolute Gasteiger partial charge is 0.136 e. The third-order valence-electron chi connectivity index (χ3n) is 1.77. The van der Waals surface area contributed by atoms with E-state index in [0.29, 0.717) is 11.3 Å². The largest absolute Gasteiger partial charge is 0.300 e. The second kappa shape index (κ2) is 5.81. The summed E-state index contributed by atoms with van der Waals surface area (Å²) in [6, 6.07) is 6.70. The summed E-state index contributed by atoms with van der Waals surface area (Å²) in [6.45, 7) is 1.58. The highest BCUT2D eigenvalue weighted by Gasteiger charge is 2.01. The first kappa shape index (κ1) is 11.2. The van der Waals surface area contributed by atoms with E-state index in [0.717, 1.165) is 12.2 Å². The zero-order valence-corrected chi connectivity index (χ0v) is 8.94. The van der Waals surface area contributed by atoms with Crippen molar-refractivity contribution in [2.24, 2.45) is 0 Å². The van der Waals surface area contributed by atoms with Crippen molar-refractivity contribution in [3.63, 3.8) is 0 Å². The molecule has 0 aliphatic carbocycles. The molecule has 0 aromatic heterocycles. The molecule has 1 rings (SSSR count). The number of hydrogen-bond donors (Lipinski definition) is 0. The van der Waals surface area contributed by atoms with Gasteiger partial charge < -0.3 is 4.79 Å². The van der Waals surface area contributed by atoms with Crippen molar-refractivity contribution in [1.29, 1.82) is 0 Å². The summed E-state index contributed by atoms with van der Waals surface area (Å²) in [5.74, 6) is 0.806. The summed E-state index contributed by atoms with van der Waals surface area (Å²) in [6.07, 6.45) is 1.40. The predicted molar refractivity (Wildman–Crippen MR) is 57.0 cm³/mol. The van der Waals surface area contributed by atoms with Gasteiger partial charge in [-0.3, -0.25) is 0 Å². The Balaban J connectivity index is 2.31. The van der Waals surface area contributed by atoms with E-state index >= 15 is 0 Å². The Morgan fingerprint density at radius 1 is 1.43 bits per heavy atom. The molecule has 0 aliphatic rings. The summed E-state index contributed by atoms with van der Waals surface area (Å²) in [7, 11) is 0. The molecule has 76 valence electrons. The molecule has 0 aliphatic heterocycles. The molecule has 1 aromatic rings. The van der Waals surface area contributed by atoms with Crippen molar-refractivity contribution in [3.8, 4) is 0 Å². The topological polar surface area (TPSA) is 17.1 Å². The van der Waals surface area contributed by atoms with Crippen LogP contribution in [-0.2, 0) is 4.79 Å². The molecular weight excluding hydrogens is 199 g/mol. The molecule has 0 N–H and O–H groups in total. The van der Waals surface area contributed by atoms with Gasteiger partial charge in [-0.1, -0.05) is 12.1 Å². The first-order valence-corrected chi connectivity index (χ1v) is 5.55.